The Hall–Kier alpha value is -0.510. The fraction of sp³-hybridized carbons (Fsp3) is 0.538. The fourth-order valence-corrected chi connectivity index (χ4v) is 2.65. The van der Waals surface area contributed by atoms with Crippen molar-refractivity contribution in [1.29, 1.82) is 0 Å². The summed E-state index contributed by atoms with van der Waals surface area (Å²) in [6.45, 7) is 4.27. The molecule has 0 saturated heterocycles. The molecule has 0 fully saturated rings. The Kier molecular flexibility index (Phi) is 5.88. The van der Waals surface area contributed by atoms with Gasteiger partial charge in [-0.1, -0.05) is 12.1 Å². The van der Waals surface area contributed by atoms with E-state index in [-0.39, 0.29) is 0 Å². The minimum absolute atomic E-state index is 0.948. The molecule has 0 bridgehead atoms. The first-order valence-electron chi connectivity index (χ1n) is 5.65. The number of hydrogen-bond acceptors (Lipinski definition) is 3. The van der Waals surface area contributed by atoms with Crippen LogP contribution in [0.3, 0.4) is 0 Å². The Balaban J connectivity index is 2.54. The summed E-state index contributed by atoms with van der Waals surface area (Å²) in [5.74, 6) is 1.15. The van der Waals surface area contributed by atoms with Crippen molar-refractivity contribution in [2.75, 3.05) is 33.4 Å². The minimum atomic E-state index is 0.948. The maximum atomic E-state index is 3.18. The van der Waals surface area contributed by atoms with Crippen LogP contribution in [-0.4, -0.2) is 38.3 Å². The first kappa shape index (κ1) is 13.6. The normalized spacial score (nSPS) is 11.1. The van der Waals surface area contributed by atoms with Crippen LogP contribution < -0.4 is 5.32 Å². The number of nitrogens with zero attached hydrogens (tertiary/aromatic N) is 1. The van der Waals surface area contributed by atoms with Gasteiger partial charge in [0.2, 0.25) is 0 Å². The maximum Gasteiger partial charge on any atom is 0.0202 e. The molecule has 0 aromatic heterocycles. The summed E-state index contributed by atoms with van der Waals surface area (Å²) in [6, 6.07) is 6.72. The van der Waals surface area contributed by atoms with Crippen molar-refractivity contribution in [2.24, 2.45) is 0 Å². The van der Waals surface area contributed by atoms with Crippen LogP contribution in [-0.2, 0) is 6.54 Å². The van der Waals surface area contributed by atoms with Gasteiger partial charge in [0.05, 0.1) is 0 Å². The second-order valence-corrected chi connectivity index (χ2v) is 5.42. The molecule has 90 valence electrons. The van der Waals surface area contributed by atoms with Crippen molar-refractivity contribution in [3.8, 4) is 0 Å². The number of hydrogen-bond donors (Lipinski definition) is 1. The number of aryl methyl sites for hydroxylation is 1. The van der Waals surface area contributed by atoms with E-state index in [2.05, 4.69) is 49.4 Å². The molecular formula is C13H22N2S. The standard InChI is InChI=1S/C13H22N2S/c1-11-9-12(10-14-2)5-6-13(11)16-8-7-15(3)4/h5-6,9,14H,7-8,10H2,1-4H3. The summed E-state index contributed by atoms with van der Waals surface area (Å²) >= 11 is 1.94. The van der Waals surface area contributed by atoms with E-state index in [9.17, 15) is 0 Å². The van der Waals surface area contributed by atoms with Crippen LogP contribution in [0, 0.1) is 6.92 Å². The molecule has 1 aromatic rings. The molecule has 1 rings (SSSR count). The van der Waals surface area contributed by atoms with Gasteiger partial charge in [0, 0.05) is 23.7 Å². The summed E-state index contributed by atoms with van der Waals surface area (Å²) in [6.07, 6.45) is 0. The van der Waals surface area contributed by atoms with Crippen molar-refractivity contribution in [2.45, 2.75) is 18.4 Å². The number of rotatable bonds is 6. The highest BCUT2D eigenvalue weighted by atomic mass is 32.2. The average molecular weight is 238 g/mol. The largest absolute Gasteiger partial charge is 0.316 e. The predicted octanol–water partition coefficient (Wildman–Crippen LogP) is 2.37. The highest BCUT2D eigenvalue weighted by molar-refractivity contribution is 7.99. The van der Waals surface area contributed by atoms with Gasteiger partial charge < -0.3 is 10.2 Å². The van der Waals surface area contributed by atoms with E-state index in [1.54, 1.807) is 0 Å². The van der Waals surface area contributed by atoms with Gasteiger partial charge in [0.1, 0.15) is 0 Å². The Bertz CT molecular complexity index is 324. The van der Waals surface area contributed by atoms with Crippen molar-refractivity contribution >= 4 is 11.8 Å². The Morgan fingerprint density at radius 1 is 1.31 bits per heavy atom. The zero-order valence-corrected chi connectivity index (χ0v) is 11.5. The SMILES string of the molecule is CNCc1ccc(SCCN(C)C)c(C)c1. The third-order valence-corrected chi connectivity index (χ3v) is 3.57. The smallest absolute Gasteiger partial charge is 0.0202 e. The summed E-state index contributed by atoms with van der Waals surface area (Å²) in [5, 5.41) is 3.18. The lowest BCUT2D eigenvalue weighted by molar-refractivity contribution is 0.437. The molecule has 0 radical (unpaired) electrons. The first-order chi connectivity index (χ1) is 7.63. The number of thioether (sulfide) groups is 1. The highest BCUT2D eigenvalue weighted by Gasteiger charge is 2.01. The van der Waals surface area contributed by atoms with Gasteiger partial charge in [0.25, 0.3) is 0 Å². The Labute approximate surface area is 103 Å². The quantitative estimate of drug-likeness (QED) is 0.766. The lowest BCUT2D eigenvalue weighted by Gasteiger charge is -2.11. The minimum Gasteiger partial charge on any atom is -0.316 e. The molecule has 0 heterocycles. The third-order valence-electron chi connectivity index (χ3n) is 2.42. The summed E-state index contributed by atoms with van der Waals surface area (Å²) in [4.78, 5) is 3.62. The molecule has 16 heavy (non-hydrogen) atoms. The van der Waals surface area contributed by atoms with Crippen LogP contribution >= 0.6 is 11.8 Å². The van der Waals surface area contributed by atoms with E-state index in [1.165, 1.54) is 16.0 Å². The third kappa shape index (κ3) is 4.56. The fourth-order valence-electron chi connectivity index (χ4n) is 1.53. The van der Waals surface area contributed by atoms with Crippen LogP contribution in [0.25, 0.3) is 0 Å². The van der Waals surface area contributed by atoms with E-state index >= 15 is 0 Å². The lowest BCUT2D eigenvalue weighted by Crippen LogP contribution is -2.14. The molecule has 0 aliphatic heterocycles. The van der Waals surface area contributed by atoms with E-state index in [1.807, 2.05) is 18.8 Å². The Morgan fingerprint density at radius 3 is 2.62 bits per heavy atom. The van der Waals surface area contributed by atoms with Crippen molar-refractivity contribution < 1.29 is 0 Å². The molecule has 1 aromatic carbocycles. The Morgan fingerprint density at radius 2 is 2.06 bits per heavy atom. The van der Waals surface area contributed by atoms with Gasteiger partial charge in [-0.15, -0.1) is 11.8 Å². The molecular weight excluding hydrogens is 216 g/mol. The number of nitrogens with one attached hydrogen (secondary N) is 1. The van der Waals surface area contributed by atoms with Crippen LogP contribution in [0.15, 0.2) is 23.1 Å². The molecule has 0 atom stereocenters. The van der Waals surface area contributed by atoms with Crippen LogP contribution in [0.2, 0.25) is 0 Å². The molecule has 0 unspecified atom stereocenters. The second-order valence-electron chi connectivity index (χ2n) is 4.28. The molecule has 0 aliphatic rings. The van der Waals surface area contributed by atoms with E-state index in [4.69, 9.17) is 0 Å². The van der Waals surface area contributed by atoms with Gasteiger partial charge in [-0.25, -0.2) is 0 Å². The molecule has 0 amide bonds. The van der Waals surface area contributed by atoms with Crippen LogP contribution in [0.4, 0.5) is 0 Å². The topological polar surface area (TPSA) is 15.3 Å². The van der Waals surface area contributed by atoms with Gasteiger partial charge >= 0.3 is 0 Å². The molecule has 0 saturated carbocycles. The molecule has 0 aliphatic carbocycles. The van der Waals surface area contributed by atoms with Gasteiger partial charge in [-0.3, -0.25) is 0 Å². The second kappa shape index (κ2) is 6.94. The summed E-state index contributed by atoms with van der Waals surface area (Å²) in [5.41, 5.74) is 2.74. The maximum absolute atomic E-state index is 3.18. The zero-order chi connectivity index (χ0) is 12.0. The van der Waals surface area contributed by atoms with Gasteiger partial charge in [-0.2, -0.15) is 0 Å². The van der Waals surface area contributed by atoms with Crippen molar-refractivity contribution in [3.05, 3.63) is 29.3 Å². The predicted molar refractivity (Wildman–Crippen MR) is 73.2 cm³/mol. The van der Waals surface area contributed by atoms with Crippen molar-refractivity contribution in [3.63, 3.8) is 0 Å². The first-order valence-corrected chi connectivity index (χ1v) is 6.63. The molecule has 2 nitrogen and oxygen atoms in total. The summed E-state index contributed by atoms with van der Waals surface area (Å²) < 4.78 is 0. The zero-order valence-electron chi connectivity index (χ0n) is 10.7. The monoisotopic (exact) mass is 238 g/mol. The van der Waals surface area contributed by atoms with Crippen LogP contribution in [0.1, 0.15) is 11.1 Å². The van der Waals surface area contributed by atoms with Crippen molar-refractivity contribution in [1.82, 2.24) is 10.2 Å². The van der Waals surface area contributed by atoms with E-state index in [0.29, 0.717) is 0 Å². The van der Waals surface area contributed by atoms with Crippen LogP contribution in [0.5, 0.6) is 0 Å². The van der Waals surface area contributed by atoms with E-state index < -0.39 is 0 Å². The van der Waals surface area contributed by atoms with Gasteiger partial charge in [-0.05, 0) is 45.3 Å². The molecule has 0 spiro atoms. The number of benzene rings is 1. The average Bonchev–Trinajstić information content (AvgIpc) is 2.21. The highest BCUT2D eigenvalue weighted by Crippen LogP contribution is 2.23. The molecule has 1 N–H and O–H groups in total. The molecule has 3 heteroatoms. The van der Waals surface area contributed by atoms with E-state index in [0.717, 1.165) is 18.8 Å². The summed E-state index contributed by atoms with van der Waals surface area (Å²) in [7, 11) is 6.21. The van der Waals surface area contributed by atoms with Gasteiger partial charge in [0.15, 0.2) is 0 Å². The lowest BCUT2D eigenvalue weighted by atomic mass is 10.1.